The van der Waals surface area contributed by atoms with Crippen molar-refractivity contribution in [2.24, 2.45) is 0 Å². The fraction of sp³-hybridized carbons (Fsp3) is 0.533. The van der Waals surface area contributed by atoms with E-state index in [1.165, 1.54) is 6.20 Å². The molecule has 1 atom stereocenters. The van der Waals surface area contributed by atoms with E-state index >= 15 is 0 Å². The minimum absolute atomic E-state index is 0.101. The minimum Gasteiger partial charge on any atom is -0.350 e. The maximum atomic E-state index is 12.2. The molecule has 0 saturated carbocycles. The lowest BCUT2D eigenvalue weighted by molar-refractivity contribution is 0.0938. The van der Waals surface area contributed by atoms with Crippen LogP contribution < -0.4 is 5.32 Å². The molecule has 20 heavy (non-hydrogen) atoms. The molecule has 0 aliphatic heterocycles. The van der Waals surface area contributed by atoms with Gasteiger partial charge in [0.05, 0.1) is 16.6 Å². The van der Waals surface area contributed by atoms with Gasteiger partial charge in [0.25, 0.3) is 11.6 Å². The number of hydrogen-bond donors (Lipinski definition) is 1. The Bertz CT molecular complexity index is 604. The summed E-state index contributed by atoms with van der Waals surface area (Å²) in [5.74, 6) is 0.131. The van der Waals surface area contributed by atoms with E-state index in [0.717, 1.165) is 23.9 Å². The van der Waals surface area contributed by atoms with E-state index in [4.69, 9.17) is 4.52 Å². The molecule has 0 aliphatic carbocycles. The molecule has 5 heteroatoms. The van der Waals surface area contributed by atoms with Gasteiger partial charge in [0, 0.05) is 12.2 Å². The molecule has 0 radical (unpaired) electrons. The fourth-order valence-corrected chi connectivity index (χ4v) is 2.20. The highest BCUT2D eigenvalue weighted by Crippen LogP contribution is 2.24. The first kappa shape index (κ1) is 14.5. The number of amides is 1. The summed E-state index contributed by atoms with van der Waals surface area (Å²) in [5, 5.41) is 7.80. The smallest absolute Gasteiger partial charge is 0.257 e. The van der Waals surface area contributed by atoms with Gasteiger partial charge in [-0.25, -0.2) is 4.98 Å². The molecule has 5 nitrogen and oxygen atoms in total. The second-order valence-electron chi connectivity index (χ2n) is 5.46. The SMILES string of the molecule is CCC[C@@H](C)NC(=O)c1cnc2onc(C(C)C)c2c1. The zero-order valence-corrected chi connectivity index (χ0v) is 12.4. The number of hydrogen-bond acceptors (Lipinski definition) is 4. The van der Waals surface area contributed by atoms with Gasteiger partial charge in [-0.1, -0.05) is 32.3 Å². The van der Waals surface area contributed by atoms with Crippen LogP contribution in [0.4, 0.5) is 0 Å². The molecule has 0 aromatic carbocycles. The summed E-state index contributed by atoms with van der Waals surface area (Å²) in [5.41, 5.74) is 1.86. The van der Waals surface area contributed by atoms with E-state index in [1.807, 2.05) is 26.8 Å². The number of rotatable bonds is 5. The van der Waals surface area contributed by atoms with E-state index in [-0.39, 0.29) is 17.9 Å². The first-order chi connectivity index (χ1) is 9.52. The van der Waals surface area contributed by atoms with Gasteiger partial charge in [-0.15, -0.1) is 0 Å². The third-order valence-electron chi connectivity index (χ3n) is 3.27. The van der Waals surface area contributed by atoms with E-state index in [2.05, 4.69) is 22.4 Å². The first-order valence-electron chi connectivity index (χ1n) is 7.09. The molecule has 2 rings (SSSR count). The molecule has 0 aliphatic rings. The molecule has 0 spiro atoms. The third kappa shape index (κ3) is 2.98. The lowest BCUT2D eigenvalue weighted by Gasteiger charge is -2.12. The third-order valence-corrected chi connectivity index (χ3v) is 3.27. The Balaban J connectivity index is 2.26. The fourth-order valence-electron chi connectivity index (χ4n) is 2.20. The van der Waals surface area contributed by atoms with Crippen molar-refractivity contribution in [2.75, 3.05) is 0 Å². The number of pyridine rings is 1. The monoisotopic (exact) mass is 275 g/mol. The van der Waals surface area contributed by atoms with Crippen LogP contribution in [0.3, 0.4) is 0 Å². The molecular weight excluding hydrogens is 254 g/mol. The molecule has 1 N–H and O–H groups in total. The highest BCUT2D eigenvalue weighted by atomic mass is 16.5. The van der Waals surface area contributed by atoms with Gasteiger partial charge in [0.15, 0.2) is 0 Å². The van der Waals surface area contributed by atoms with Gasteiger partial charge in [0.1, 0.15) is 0 Å². The lowest BCUT2D eigenvalue weighted by atomic mass is 10.1. The zero-order chi connectivity index (χ0) is 14.7. The molecule has 1 amide bonds. The van der Waals surface area contributed by atoms with Crippen LogP contribution in [0.1, 0.15) is 62.5 Å². The Hall–Kier alpha value is -1.91. The number of nitrogens with one attached hydrogen (secondary N) is 1. The van der Waals surface area contributed by atoms with Gasteiger partial charge < -0.3 is 9.84 Å². The first-order valence-corrected chi connectivity index (χ1v) is 7.09. The standard InChI is InChI=1S/C15H21N3O2/c1-5-6-10(4)17-14(19)11-7-12-13(9(2)3)18-20-15(12)16-8-11/h7-10H,5-6H2,1-4H3,(H,17,19)/t10-/m1/s1. The van der Waals surface area contributed by atoms with Crippen molar-refractivity contribution < 1.29 is 9.32 Å². The Morgan fingerprint density at radius 2 is 2.15 bits per heavy atom. The van der Waals surface area contributed by atoms with Crippen molar-refractivity contribution >= 4 is 17.0 Å². The van der Waals surface area contributed by atoms with E-state index < -0.39 is 0 Å². The quantitative estimate of drug-likeness (QED) is 0.909. The van der Waals surface area contributed by atoms with Crippen molar-refractivity contribution in [1.29, 1.82) is 0 Å². The van der Waals surface area contributed by atoms with E-state index in [0.29, 0.717) is 11.3 Å². The maximum Gasteiger partial charge on any atom is 0.257 e. The summed E-state index contributed by atoms with van der Waals surface area (Å²) in [6, 6.07) is 1.97. The number of carbonyl (C=O) groups is 1. The maximum absolute atomic E-state index is 12.2. The van der Waals surface area contributed by atoms with Gasteiger partial charge in [0.2, 0.25) is 0 Å². The highest BCUT2D eigenvalue weighted by molar-refractivity contribution is 5.97. The predicted octanol–water partition coefficient (Wildman–Crippen LogP) is 3.26. The van der Waals surface area contributed by atoms with Gasteiger partial charge in [-0.3, -0.25) is 4.79 Å². The molecular formula is C15H21N3O2. The van der Waals surface area contributed by atoms with Crippen LogP contribution in [0, 0.1) is 0 Å². The Labute approximate surface area is 118 Å². The average molecular weight is 275 g/mol. The largest absolute Gasteiger partial charge is 0.350 e. The molecule has 0 bridgehead atoms. The summed E-state index contributed by atoms with van der Waals surface area (Å²) < 4.78 is 5.17. The van der Waals surface area contributed by atoms with Crippen LogP contribution >= 0.6 is 0 Å². The summed E-state index contributed by atoms with van der Waals surface area (Å²) in [4.78, 5) is 16.3. The van der Waals surface area contributed by atoms with Crippen molar-refractivity contribution in [3.63, 3.8) is 0 Å². The number of fused-ring (bicyclic) bond motifs is 1. The van der Waals surface area contributed by atoms with Crippen LogP contribution in [0.2, 0.25) is 0 Å². The van der Waals surface area contributed by atoms with Crippen molar-refractivity contribution in [1.82, 2.24) is 15.5 Å². The van der Waals surface area contributed by atoms with Crippen LogP contribution in [-0.2, 0) is 0 Å². The van der Waals surface area contributed by atoms with Crippen LogP contribution in [0.15, 0.2) is 16.8 Å². The molecule has 2 heterocycles. The van der Waals surface area contributed by atoms with Gasteiger partial charge >= 0.3 is 0 Å². The summed E-state index contributed by atoms with van der Waals surface area (Å²) in [7, 11) is 0. The minimum atomic E-state index is -0.101. The zero-order valence-electron chi connectivity index (χ0n) is 12.4. The van der Waals surface area contributed by atoms with Crippen LogP contribution in [0.25, 0.3) is 11.1 Å². The predicted molar refractivity (Wildman–Crippen MR) is 77.7 cm³/mol. The van der Waals surface area contributed by atoms with Crippen LogP contribution in [0.5, 0.6) is 0 Å². The topological polar surface area (TPSA) is 68.0 Å². The summed E-state index contributed by atoms with van der Waals surface area (Å²) in [6.07, 6.45) is 3.54. The van der Waals surface area contributed by atoms with Crippen LogP contribution in [-0.4, -0.2) is 22.1 Å². The molecule has 0 saturated heterocycles. The van der Waals surface area contributed by atoms with Gasteiger partial charge in [-0.05, 0) is 25.3 Å². The van der Waals surface area contributed by atoms with Crippen molar-refractivity contribution in [2.45, 2.75) is 52.5 Å². The Morgan fingerprint density at radius 1 is 1.40 bits per heavy atom. The van der Waals surface area contributed by atoms with Crippen molar-refractivity contribution in [3.05, 3.63) is 23.5 Å². The van der Waals surface area contributed by atoms with Gasteiger partial charge in [-0.2, -0.15) is 0 Å². The molecule has 108 valence electrons. The second kappa shape index (κ2) is 6.03. The second-order valence-corrected chi connectivity index (χ2v) is 5.46. The number of nitrogens with zero attached hydrogens (tertiary/aromatic N) is 2. The molecule has 2 aromatic heterocycles. The average Bonchev–Trinajstić information content (AvgIpc) is 2.81. The van der Waals surface area contributed by atoms with Crippen molar-refractivity contribution in [3.8, 4) is 0 Å². The summed E-state index contributed by atoms with van der Waals surface area (Å²) >= 11 is 0. The van der Waals surface area contributed by atoms with E-state index in [9.17, 15) is 4.79 Å². The van der Waals surface area contributed by atoms with E-state index in [1.54, 1.807) is 0 Å². The Kier molecular flexibility index (Phi) is 4.37. The summed E-state index contributed by atoms with van der Waals surface area (Å²) in [6.45, 7) is 8.18. The number of carbonyl (C=O) groups excluding carboxylic acids is 1. The number of aromatic nitrogens is 2. The molecule has 0 fully saturated rings. The molecule has 0 unspecified atom stereocenters. The molecule has 2 aromatic rings. The Morgan fingerprint density at radius 3 is 2.80 bits per heavy atom. The highest BCUT2D eigenvalue weighted by Gasteiger charge is 2.16. The lowest BCUT2D eigenvalue weighted by Crippen LogP contribution is -2.32. The normalized spacial score (nSPS) is 12.8.